The SMILES string of the molecule is CCC(C#N)(CC)C(=O)N(C)c1ccc(C)cc1. The molecule has 0 aromatic heterocycles. The maximum atomic E-state index is 12.4. The third-order valence-corrected chi connectivity index (χ3v) is 3.56. The number of hydrogen-bond acceptors (Lipinski definition) is 2. The van der Waals surface area contributed by atoms with Gasteiger partial charge in [0.05, 0.1) is 6.07 Å². The van der Waals surface area contributed by atoms with E-state index in [9.17, 15) is 10.1 Å². The van der Waals surface area contributed by atoms with Crippen LogP contribution >= 0.6 is 0 Å². The molecule has 1 aromatic rings. The van der Waals surface area contributed by atoms with Gasteiger partial charge in [0, 0.05) is 12.7 Å². The van der Waals surface area contributed by atoms with Gasteiger partial charge in [0.25, 0.3) is 0 Å². The second kappa shape index (κ2) is 5.68. The fourth-order valence-electron chi connectivity index (χ4n) is 1.97. The van der Waals surface area contributed by atoms with Crippen LogP contribution in [0.3, 0.4) is 0 Å². The average Bonchev–Trinajstić information content (AvgIpc) is 2.41. The van der Waals surface area contributed by atoms with Gasteiger partial charge >= 0.3 is 0 Å². The van der Waals surface area contributed by atoms with Crippen LogP contribution in [0.1, 0.15) is 32.3 Å². The lowest BCUT2D eigenvalue weighted by molar-refractivity contribution is -0.125. The van der Waals surface area contributed by atoms with Crippen LogP contribution in [0.15, 0.2) is 24.3 Å². The zero-order valence-corrected chi connectivity index (χ0v) is 11.5. The Hall–Kier alpha value is -1.82. The number of carbonyl (C=O) groups is 1. The third kappa shape index (κ3) is 2.53. The monoisotopic (exact) mass is 244 g/mol. The molecule has 0 heterocycles. The zero-order valence-electron chi connectivity index (χ0n) is 11.5. The van der Waals surface area contributed by atoms with Gasteiger partial charge in [-0.05, 0) is 31.9 Å². The van der Waals surface area contributed by atoms with Gasteiger partial charge in [-0.15, -0.1) is 0 Å². The minimum absolute atomic E-state index is 0.126. The molecule has 96 valence electrons. The molecule has 0 bridgehead atoms. The number of anilines is 1. The van der Waals surface area contributed by atoms with Crippen molar-refractivity contribution in [3.63, 3.8) is 0 Å². The van der Waals surface area contributed by atoms with E-state index in [1.807, 2.05) is 45.0 Å². The highest BCUT2D eigenvalue weighted by Gasteiger charge is 2.37. The van der Waals surface area contributed by atoms with Crippen LogP contribution < -0.4 is 4.90 Å². The fourth-order valence-corrected chi connectivity index (χ4v) is 1.97. The van der Waals surface area contributed by atoms with Crippen molar-refractivity contribution in [3.05, 3.63) is 29.8 Å². The van der Waals surface area contributed by atoms with Gasteiger partial charge in [0.2, 0.25) is 5.91 Å². The van der Waals surface area contributed by atoms with Gasteiger partial charge in [0.15, 0.2) is 0 Å². The second-order valence-electron chi connectivity index (χ2n) is 4.60. The minimum Gasteiger partial charge on any atom is -0.314 e. The molecule has 0 atom stereocenters. The normalized spacial score (nSPS) is 10.8. The summed E-state index contributed by atoms with van der Waals surface area (Å²) in [6, 6.07) is 9.92. The van der Waals surface area contributed by atoms with Crippen LogP contribution in [-0.2, 0) is 4.79 Å². The zero-order chi connectivity index (χ0) is 13.8. The highest BCUT2D eigenvalue weighted by atomic mass is 16.2. The molecule has 0 aliphatic rings. The summed E-state index contributed by atoms with van der Waals surface area (Å²) < 4.78 is 0. The Morgan fingerprint density at radius 3 is 2.17 bits per heavy atom. The summed E-state index contributed by atoms with van der Waals surface area (Å²) in [5.74, 6) is -0.126. The van der Waals surface area contributed by atoms with E-state index in [4.69, 9.17) is 0 Å². The summed E-state index contributed by atoms with van der Waals surface area (Å²) in [5, 5.41) is 9.29. The van der Waals surface area contributed by atoms with E-state index in [-0.39, 0.29) is 5.91 Å². The molecule has 0 fully saturated rings. The Morgan fingerprint density at radius 1 is 1.28 bits per heavy atom. The Labute approximate surface area is 109 Å². The van der Waals surface area contributed by atoms with E-state index in [0.29, 0.717) is 12.8 Å². The highest BCUT2D eigenvalue weighted by molar-refractivity contribution is 5.98. The van der Waals surface area contributed by atoms with Crippen LogP contribution in [0.25, 0.3) is 0 Å². The Kier molecular flexibility index (Phi) is 4.49. The number of nitrogens with zero attached hydrogens (tertiary/aromatic N) is 2. The van der Waals surface area contributed by atoms with Gasteiger partial charge < -0.3 is 4.90 Å². The highest BCUT2D eigenvalue weighted by Crippen LogP contribution is 2.29. The van der Waals surface area contributed by atoms with E-state index in [2.05, 4.69) is 6.07 Å². The Bertz CT molecular complexity index is 452. The molecule has 0 aliphatic heterocycles. The van der Waals surface area contributed by atoms with E-state index >= 15 is 0 Å². The summed E-state index contributed by atoms with van der Waals surface area (Å²) in [6.07, 6.45) is 1.07. The van der Waals surface area contributed by atoms with E-state index < -0.39 is 5.41 Å². The van der Waals surface area contributed by atoms with Crippen molar-refractivity contribution >= 4 is 11.6 Å². The molecule has 0 N–H and O–H groups in total. The standard InChI is InChI=1S/C15H20N2O/c1-5-15(6-2,11-16)14(18)17(4)13-9-7-12(3)8-10-13/h7-10H,5-6H2,1-4H3. The summed E-state index contributed by atoms with van der Waals surface area (Å²) >= 11 is 0. The van der Waals surface area contributed by atoms with Gasteiger partial charge in [-0.1, -0.05) is 31.5 Å². The summed E-state index contributed by atoms with van der Waals surface area (Å²) in [7, 11) is 1.73. The number of carbonyl (C=O) groups excluding carboxylic acids is 1. The largest absolute Gasteiger partial charge is 0.314 e. The van der Waals surface area contributed by atoms with Gasteiger partial charge in [-0.2, -0.15) is 5.26 Å². The van der Waals surface area contributed by atoms with E-state index in [1.54, 1.807) is 11.9 Å². The van der Waals surface area contributed by atoms with Crippen molar-refractivity contribution in [3.8, 4) is 6.07 Å². The molecule has 1 aromatic carbocycles. The topological polar surface area (TPSA) is 44.1 Å². The maximum absolute atomic E-state index is 12.4. The number of benzene rings is 1. The summed E-state index contributed by atoms with van der Waals surface area (Å²) in [4.78, 5) is 14.0. The number of amides is 1. The minimum atomic E-state index is -0.903. The predicted molar refractivity (Wildman–Crippen MR) is 73.2 cm³/mol. The van der Waals surface area contributed by atoms with Crippen LogP contribution in [-0.4, -0.2) is 13.0 Å². The first-order chi connectivity index (χ1) is 8.50. The second-order valence-corrected chi connectivity index (χ2v) is 4.60. The smallest absolute Gasteiger partial charge is 0.247 e. The van der Waals surface area contributed by atoms with Gasteiger partial charge in [0.1, 0.15) is 5.41 Å². The van der Waals surface area contributed by atoms with Crippen LogP contribution in [0.2, 0.25) is 0 Å². The molecule has 0 spiro atoms. The van der Waals surface area contributed by atoms with Gasteiger partial charge in [-0.25, -0.2) is 0 Å². The quantitative estimate of drug-likeness (QED) is 0.815. The lowest BCUT2D eigenvalue weighted by atomic mass is 9.82. The first-order valence-corrected chi connectivity index (χ1v) is 6.26. The van der Waals surface area contributed by atoms with Crippen molar-refractivity contribution in [2.45, 2.75) is 33.6 Å². The number of hydrogen-bond donors (Lipinski definition) is 0. The molecule has 0 saturated carbocycles. The third-order valence-electron chi connectivity index (χ3n) is 3.56. The van der Waals surface area contributed by atoms with Crippen molar-refractivity contribution in [1.29, 1.82) is 5.26 Å². The molecule has 1 amide bonds. The Balaban J connectivity index is 3.03. The van der Waals surface area contributed by atoms with Crippen molar-refractivity contribution in [2.75, 3.05) is 11.9 Å². The Morgan fingerprint density at radius 2 is 1.78 bits per heavy atom. The molecule has 0 radical (unpaired) electrons. The molecular weight excluding hydrogens is 224 g/mol. The molecular formula is C15H20N2O. The maximum Gasteiger partial charge on any atom is 0.247 e. The molecule has 18 heavy (non-hydrogen) atoms. The summed E-state index contributed by atoms with van der Waals surface area (Å²) in [6.45, 7) is 5.77. The van der Waals surface area contributed by atoms with E-state index in [0.717, 1.165) is 11.3 Å². The fraction of sp³-hybridized carbons (Fsp3) is 0.467. The number of nitriles is 1. The molecule has 3 heteroatoms. The average molecular weight is 244 g/mol. The number of aryl methyl sites for hydroxylation is 1. The summed E-state index contributed by atoms with van der Waals surface area (Å²) in [5.41, 5.74) is 1.07. The van der Waals surface area contributed by atoms with Crippen LogP contribution in [0.5, 0.6) is 0 Å². The van der Waals surface area contributed by atoms with Crippen molar-refractivity contribution < 1.29 is 4.79 Å². The molecule has 0 saturated heterocycles. The molecule has 0 unspecified atom stereocenters. The number of rotatable bonds is 4. The lowest BCUT2D eigenvalue weighted by Crippen LogP contribution is -2.40. The molecule has 3 nitrogen and oxygen atoms in total. The van der Waals surface area contributed by atoms with Crippen molar-refractivity contribution in [1.82, 2.24) is 0 Å². The molecule has 0 aliphatic carbocycles. The van der Waals surface area contributed by atoms with Crippen LogP contribution in [0, 0.1) is 23.7 Å². The molecule has 1 rings (SSSR count). The first-order valence-electron chi connectivity index (χ1n) is 6.26. The predicted octanol–water partition coefficient (Wildman–Crippen LogP) is 3.29. The van der Waals surface area contributed by atoms with E-state index in [1.165, 1.54) is 0 Å². The lowest BCUT2D eigenvalue weighted by Gasteiger charge is -2.28. The first kappa shape index (κ1) is 14.2. The van der Waals surface area contributed by atoms with Gasteiger partial charge in [-0.3, -0.25) is 4.79 Å². The van der Waals surface area contributed by atoms with Crippen LogP contribution in [0.4, 0.5) is 5.69 Å². The van der Waals surface area contributed by atoms with Crippen molar-refractivity contribution in [2.24, 2.45) is 5.41 Å².